The average molecular weight is 320 g/mol. The van der Waals surface area contributed by atoms with Crippen LogP contribution in [0.5, 0.6) is 0 Å². The molecular weight excluding hydrogens is 300 g/mol. The van der Waals surface area contributed by atoms with E-state index in [4.69, 9.17) is 9.73 Å². The van der Waals surface area contributed by atoms with Crippen molar-refractivity contribution < 1.29 is 13.2 Å². The van der Waals surface area contributed by atoms with Crippen LogP contribution in [0.4, 0.5) is 0 Å². The molecule has 2 aliphatic heterocycles. The maximum atomic E-state index is 12.1. The van der Waals surface area contributed by atoms with Crippen molar-refractivity contribution in [3.05, 3.63) is 29.8 Å². The molecule has 1 spiro atoms. The van der Waals surface area contributed by atoms with Crippen LogP contribution in [-0.4, -0.2) is 32.5 Å². The van der Waals surface area contributed by atoms with Crippen molar-refractivity contribution in [1.82, 2.24) is 4.72 Å². The number of aliphatic imine (C=N–C) groups is 1. The van der Waals surface area contributed by atoms with E-state index < -0.39 is 10.0 Å². The minimum atomic E-state index is -3.45. The summed E-state index contributed by atoms with van der Waals surface area (Å²) in [7, 11) is -3.45. The van der Waals surface area contributed by atoms with Gasteiger partial charge in [0, 0.05) is 12.2 Å². The Kier molecular flexibility index (Phi) is 3.27. The Morgan fingerprint density at radius 3 is 2.82 bits per heavy atom. The number of hydrogen-bond donors (Lipinski definition) is 1. The van der Waals surface area contributed by atoms with Gasteiger partial charge in [0.2, 0.25) is 0 Å². The predicted molar refractivity (Wildman–Crippen MR) is 83.5 cm³/mol. The fraction of sp³-hybridized carbons (Fsp3) is 0.562. The second-order valence-electron chi connectivity index (χ2n) is 6.46. The molecule has 0 amide bonds. The molecule has 3 aliphatic rings. The molecule has 5 nitrogen and oxygen atoms in total. The Hall–Kier alpha value is -1.40. The molecule has 1 N–H and O–H groups in total. The van der Waals surface area contributed by atoms with Crippen LogP contribution in [0.15, 0.2) is 34.2 Å². The van der Waals surface area contributed by atoms with Crippen molar-refractivity contribution in [2.24, 2.45) is 4.99 Å². The van der Waals surface area contributed by atoms with Gasteiger partial charge in [-0.3, -0.25) is 9.71 Å². The summed E-state index contributed by atoms with van der Waals surface area (Å²) in [6.45, 7) is 0.718. The van der Waals surface area contributed by atoms with Gasteiger partial charge in [0.15, 0.2) is 0 Å². The molecule has 4 rings (SSSR count). The first-order chi connectivity index (χ1) is 10.6. The zero-order chi connectivity index (χ0) is 15.2. The van der Waals surface area contributed by atoms with Gasteiger partial charge in [-0.1, -0.05) is 25.0 Å². The molecule has 118 valence electrons. The van der Waals surface area contributed by atoms with E-state index in [1.165, 1.54) is 12.8 Å². The van der Waals surface area contributed by atoms with Gasteiger partial charge < -0.3 is 4.74 Å². The van der Waals surface area contributed by atoms with Gasteiger partial charge in [-0.2, -0.15) is 0 Å². The molecule has 22 heavy (non-hydrogen) atoms. The zero-order valence-corrected chi connectivity index (χ0v) is 13.2. The van der Waals surface area contributed by atoms with Crippen LogP contribution in [-0.2, 0) is 14.8 Å². The molecular formula is C16H20N2O3S. The third-order valence-corrected chi connectivity index (χ3v) is 6.35. The minimum Gasteiger partial charge on any atom is -0.375 e. The van der Waals surface area contributed by atoms with Gasteiger partial charge in [-0.25, -0.2) is 8.42 Å². The third kappa shape index (κ3) is 2.34. The fourth-order valence-electron chi connectivity index (χ4n) is 3.89. The summed E-state index contributed by atoms with van der Waals surface area (Å²) in [6, 6.07) is 7.16. The van der Waals surface area contributed by atoms with Crippen LogP contribution in [0.2, 0.25) is 0 Å². The van der Waals surface area contributed by atoms with E-state index in [1.807, 2.05) is 12.1 Å². The van der Waals surface area contributed by atoms with Crippen LogP contribution in [0, 0.1) is 0 Å². The lowest BCUT2D eigenvalue weighted by molar-refractivity contribution is -0.0787. The molecule has 1 unspecified atom stereocenters. The van der Waals surface area contributed by atoms with Crippen molar-refractivity contribution in [1.29, 1.82) is 0 Å². The quantitative estimate of drug-likeness (QED) is 0.862. The topological polar surface area (TPSA) is 67.8 Å². The Bertz CT molecular complexity index is 721. The summed E-state index contributed by atoms with van der Waals surface area (Å²) < 4.78 is 32.9. The molecule has 2 fully saturated rings. The van der Waals surface area contributed by atoms with Crippen LogP contribution < -0.4 is 4.72 Å². The van der Waals surface area contributed by atoms with Gasteiger partial charge in [0.25, 0.3) is 10.0 Å². The molecule has 0 radical (unpaired) electrons. The zero-order valence-electron chi connectivity index (χ0n) is 12.4. The number of ether oxygens (including phenoxy) is 1. The molecule has 0 bridgehead atoms. The molecule has 6 heteroatoms. The molecule has 1 aromatic carbocycles. The van der Waals surface area contributed by atoms with Gasteiger partial charge in [-0.15, -0.1) is 0 Å². The maximum absolute atomic E-state index is 12.1. The molecule has 1 aromatic rings. The number of hydrogen-bond acceptors (Lipinski definition) is 4. The molecule has 1 saturated carbocycles. The van der Waals surface area contributed by atoms with Gasteiger partial charge >= 0.3 is 0 Å². The lowest BCUT2D eigenvalue weighted by atomic mass is 9.89. The van der Waals surface area contributed by atoms with Crippen LogP contribution in [0.25, 0.3) is 0 Å². The second-order valence-corrected chi connectivity index (χ2v) is 8.12. The van der Waals surface area contributed by atoms with Gasteiger partial charge in [0.1, 0.15) is 5.84 Å². The molecule has 0 aromatic heterocycles. The molecule has 1 atom stereocenters. The maximum Gasteiger partial charge on any atom is 0.263 e. The highest BCUT2D eigenvalue weighted by Crippen LogP contribution is 2.41. The van der Waals surface area contributed by atoms with Crippen molar-refractivity contribution in [2.45, 2.75) is 55.1 Å². The Balaban J connectivity index is 1.64. The number of amidine groups is 1. The Morgan fingerprint density at radius 1 is 1.23 bits per heavy atom. The molecule has 1 aliphatic carbocycles. The van der Waals surface area contributed by atoms with E-state index >= 15 is 0 Å². The number of benzene rings is 1. The highest BCUT2D eigenvalue weighted by atomic mass is 32.2. The van der Waals surface area contributed by atoms with Gasteiger partial charge in [0.05, 0.1) is 16.5 Å². The van der Waals surface area contributed by atoms with Crippen LogP contribution in [0.1, 0.15) is 44.1 Å². The van der Waals surface area contributed by atoms with E-state index in [9.17, 15) is 8.42 Å². The largest absolute Gasteiger partial charge is 0.375 e. The van der Waals surface area contributed by atoms with E-state index in [0.29, 0.717) is 16.3 Å². The summed E-state index contributed by atoms with van der Waals surface area (Å²) in [5, 5.41) is 0. The smallest absolute Gasteiger partial charge is 0.263 e. The average Bonchev–Trinajstić information content (AvgIpc) is 3.03. The highest BCUT2D eigenvalue weighted by Gasteiger charge is 2.40. The fourth-order valence-corrected chi connectivity index (χ4v) is 5.13. The summed E-state index contributed by atoms with van der Waals surface area (Å²) in [6.07, 6.45) is 6.42. The third-order valence-electron chi connectivity index (χ3n) is 4.96. The molecule has 1 saturated heterocycles. The lowest BCUT2D eigenvalue weighted by Gasteiger charge is -2.36. The normalized spacial score (nSPS) is 30.4. The number of sulfonamides is 1. The monoisotopic (exact) mass is 320 g/mol. The number of fused-ring (bicyclic) bond motifs is 1. The summed E-state index contributed by atoms with van der Waals surface area (Å²) in [5.41, 5.74) is 0.679. The SMILES string of the molecule is O=S1(=O)NC(=NC2CCOC3(CCCC3)C2)c2ccccc21. The number of nitrogens with one attached hydrogen (secondary N) is 1. The first kappa shape index (κ1) is 14.2. The van der Waals surface area contributed by atoms with E-state index in [-0.39, 0.29) is 11.6 Å². The predicted octanol–water partition coefficient (Wildman–Crippen LogP) is 2.22. The Morgan fingerprint density at radius 2 is 2.00 bits per heavy atom. The first-order valence-corrected chi connectivity index (χ1v) is 9.40. The van der Waals surface area contributed by atoms with Crippen LogP contribution >= 0.6 is 0 Å². The molecule has 2 heterocycles. The number of nitrogens with zero attached hydrogens (tertiary/aromatic N) is 1. The Labute approximate surface area is 130 Å². The van der Waals surface area contributed by atoms with Crippen molar-refractivity contribution in [3.63, 3.8) is 0 Å². The summed E-state index contributed by atoms with van der Waals surface area (Å²) in [4.78, 5) is 5.07. The highest BCUT2D eigenvalue weighted by molar-refractivity contribution is 7.90. The van der Waals surface area contributed by atoms with E-state index in [0.717, 1.165) is 32.3 Å². The first-order valence-electron chi connectivity index (χ1n) is 7.92. The van der Waals surface area contributed by atoms with Gasteiger partial charge in [-0.05, 0) is 37.8 Å². The van der Waals surface area contributed by atoms with Crippen molar-refractivity contribution in [3.8, 4) is 0 Å². The summed E-state index contributed by atoms with van der Waals surface area (Å²) >= 11 is 0. The van der Waals surface area contributed by atoms with Crippen molar-refractivity contribution >= 4 is 15.9 Å². The standard InChI is InChI=1S/C16H20N2O3S/c19-22(20)14-6-2-1-5-13(14)15(18-22)17-12-7-10-21-16(11-12)8-3-4-9-16/h1-2,5-6,12H,3-4,7-11H2,(H,17,18). The minimum absolute atomic E-state index is 0.00995. The summed E-state index contributed by atoms with van der Waals surface area (Å²) in [5.74, 6) is 0.496. The second kappa shape index (κ2) is 5.06. The van der Waals surface area contributed by atoms with E-state index in [1.54, 1.807) is 12.1 Å². The lowest BCUT2D eigenvalue weighted by Crippen LogP contribution is -2.39. The number of rotatable bonds is 1. The van der Waals surface area contributed by atoms with Crippen LogP contribution in [0.3, 0.4) is 0 Å². The van der Waals surface area contributed by atoms with Crippen molar-refractivity contribution in [2.75, 3.05) is 6.61 Å². The van der Waals surface area contributed by atoms with E-state index in [2.05, 4.69) is 4.72 Å².